The molecule has 0 unspecified atom stereocenters. The van der Waals surface area contributed by atoms with Crippen molar-refractivity contribution in [1.29, 1.82) is 0 Å². The maximum absolute atomic E-state index is 12.6. The Morgan fingerprint density at radius 3 is 2.48 bits per heavy atom. The molecule has 2 aromatic heterocycles. The molecule has 0 saturated carbocycles. The molecule has 0 saturated heterocycles. The summed E-state index contributed by atoms with van der Waals surface area (Å²) in [4.78, 5) is 0.395. The highest BCUT2D eigenvalue weighted by Crippen LogP contribution is 2.27. The first kappa shape index (κ1) is 20.5. The topological polar surface area (TPSA) is 94.8 Å². The van der Waals surface area contributed by atoms with Gasteiger partial charge in [0.25, 0.3) is 10.0 Å². The summed E-state index contributed by atoms with van der Waals surface area (Å²) in [6.07, 6.45) is 1.12. The van der Waals surface area contributed by atoms with Crippen LogP contribution in [-0.4, -0.2) is 41.4 Å². The summed E-state index contributed by atoms with van der Waals surface area (Å²) < 4.78 is 60.6. The van der Waals surface area contributed by atoms with Gasteiger partial charge in [-0.2, -0.15) is 8.42 Å². The van der Waals surface area contributed by atoms with E-state index in [1.165, 1.54) is 31.4 Å². The van der Waals surface area contributed by atoms with Crippen molar-refractivity contribution in [3.05, 3.63) is 39.5 Å². The third kappa shape index (κ3) is 4.44. The summed E-state index contributed by atoms with van der Waals surface area (Å²) in [5.74, 6) is 0. The van der Waals surface area contributed by atoms with E-state index in [-0.39, 0.29) is 13.9 Å². The molecule has 0 aliphatic carbocycles. The lowest BCUT2D eigenvalue weighted by Gasteiger charge is -2.05. The second-order valence-corrected chi connectivity index (χ2v) is 12.1. The molecule has 0 aliphatic heterocycles. The van der Waals surface area contributed by atoms with Crippen molar-refractivity contribution >= 4 is 64.4 Å². The van der Waals surface area contributed by atoms with Crippen molar-refractivity contribution in [3.8, 4) is 0 Å². The molecule has 7 nitrogen and oxygen atoms in total. The molecule has 0 bridgehead atoms. The fraction of sp³-hybridized carbons (Fsp3) is 0.267. The number of thiazole rings is 1. The van der Waals surface area contributed by atoms with Crippen molar-refractivity contribution in [3.63, 3.8) is 0 Å². The number of hydrogen-bond acceptors (Lipinski definition) is 7. The number of methoxy groups -OCH3 is 1. The molecule has 0 atom stereocenters. The van der Waals surface area contributed by atoms with E-state index in [1.807, 2.05) is 0 Å². The Hall–Kier alpha value is -1.24. The number of sulfone groups is 1. The number of halogens is 1. The van der Waals surface area contributed by atoms with Gasteiger partial charge in [0.15, 0.2) is 9.84 Å². The maximum atomic E-state index is 12.6. The molecule has 146 valence electrons. The lowest BCUT2D eigenvalue weighted by atomic mass is 10.3. The Kier molecular flexibility index (Phi) is 5.80. The highest BCUT2D eigenvalue weighted by Gasteiger charge is 2.18. The third-order valence-corrected chi connectivity index (χ3v) is 8.83. The van der Waals surface area contributed by atoms with E-state index in [1.54, 1.807) is 10.6 Å². The fourth-order valence-electron chi connectivity index (χ4n) is 2.34. The average Bonchev–Trinajstić information content (AvgIpc) is 3.15. The summed E-state index contributed by atoms with van der Waals surface area (Å²) in [6.45, 7) is 0.714. The molecule has 0 fully saturated rings. The Morgan fingerprint density at radius 1 is 1.15 bits per heavy atom. The van der Waals surface area contributed by atoms with E-state index >= 15 is 0 Å². The van der Waals surface area contributed by atoms with E-state index in [4.69, 9.17) is 16.3 Å². The minimum Gasteiger partial charge on any atom is -0.383 e. The van der Waals surface area contributed by atoms with Crippen LogP contribution in [0.2, 0.25) is 4.34 Å². The molecular weight excluding hydrogens is 452 g/mol. The zero-order chi connectivity index (χ0) is 19.8. The number of nitrogens with zero attached hydrogens (tertiary/aromatic N) is 2. The predicted octanol–water partition coefficient (Wildman–Crippen LogP) is 2.76. The smallest absolute Gasteiger partial charge is 0.294 e. The van der Waals surface area contributed by atoms with Crippen LogP contribution < -0.4 is 4.80 Å². The number of sulfonamides is 1. The van der Waals surface area contributed by atoms with Crippen LogP contribution in [0.5, 0.6) is 0 Å². The normalized spacial score (nSPS) is 13.5. The lowest BCUT2D eigenvalue weighted by Crippen LogP contribution is -2.19. The molecule has 0 N–H and O–H groups in total. The van der Waals surface area contributed by atoms with E-state index in [2.05, 4.69) is 4.40 Å². The first-order valence-corrected chi connectivity index (χ1v) is 12.8. The third-order valence-electron chi connectivity index (χ3n) is 3.60. The Morgan fingerprint density at radius 2 is 1.89 bits per heavy atom. The van der Waals surface area contributed by atoms with Gasteiger partial charge in [-0.15, -0.1) is 15.7 Å². The molecule has 1 aromatic carbocycles. The number of ether oxygens (including phenoxy) is 1. The van der Waals surface area contributed by atoms with Gasteiger partial charge >= 0.3 is 0 Å². The summed E-state index contributed by atoms with van der Waals surface area (Å²) in [5, 5.41) is 0. The molecular formula is C15H15ClN2O5S4. The summed E-state index contributed by atoms with van der Waals surface area (Å²) in [7, 11) is -5.78. The molecule has 0 radical (unpaired) electrons. The fourth-order valence-corrected chi connectivity index (χ4v) is 6.82. The average molecular weight is 467 g/mol. The number of aromatic nitrogens is 1. The SMILES string of the molecule is COCCn1c(=NS(=O)(=O)c2ccc(Cl)s2)sc2cc(S(C)(=O)=O)ccc21. The van der Waals surface area contributed by atoms with E-state index in [0.717, 1.165) is 28.9 Å². The second-order valence-electron chi connectivity index (χ2n) is 5.56. The van der Waals surface area contributed by atoms with Gasteiger partial charge < -0.3 is 9.30 Å². The minimum absolute atomic E-state index is 0.0417. The van der Waals surface area contributed by atoms with Gasteiger partial charge in [0.2, 0.25) is 4.80 Å². The molecule has 3 aromatic rings. The van der Waals surface area contributed by atoms with Crippen LogP contribution in [0.25, 0.3) is 10.2 Å². The van der Waals surface area contributed by atoms with Crippen molar-refractivity contribution in [2.24, 2.45) is 4.40 Å². The molecule has 0 aliphatic rings. The van der Waals surface area contributed by atoms with Gasteiger partial charge in [-0.05, 0) is 30.3 Å². The lowest BCUT2D eigenvalue weighted by molar-refractivity contribution is 0.187. The van der Waals surface area contributed by atoms with Crippen molar-refractivity contribution in [2.75, 3.05) is 20.0 Å². The summed E-state index contributed by atoms with van der Waals surface area (Å²) in [5.41, 5.74) is 0.683. The highest BCUT2D eigenvalue weighted by molar-refractivity contribution is 7.92. The molecule has 3 rings (SSSR count). The van der Waals surface area contributed by atoms with Crippen molar-refractivity contribution in [2.45, 2.75) is 15.6 Å². The number of benzene rings is 1. The number of hydrogen-bond donors (Lipinski definition) is 0. The second kappa shape index (κ2) is 7.64. The van der Waals surface area contributed by atoms with Gasteiger partial charge in [0.1, 0.15) is 4.21 Å². The van der Waals surface area contributed by atoms with Crippen LogP contribution >= 0.6 is 34.3 Å². The van der Waals surface area contributed by atoms with Crippen LogP contribution in [0.3, 0.4) is 0 Å². The van der Waals surface area contributed by atoms with Crippen LogP contribution in [0, 0.1) is 0 Å². The monoisotopic (exact) mass is 466 g/mol. The Labute approximate surface area is 169 Å². The zero-order valence-corrected chi connectivity index (χ0v) is 18.3. The van der Waals surface area contributed by atoms with Crippen molar-refractivity contribution < 1.29 is 21.6 Å². The van der Waals surface area contributed by atoms with Gasteiger partial charge in [0, 0.05) is 19.9 Å². The minimum atomic E-state index is -3.94. The quantitative estimate of drug-likeness (QED) is 0.556. The van der Waals surface area contributed by atoms with Crippen LogP contribution in [0.1, 0.15) is 0 Å². The summed E-state index contributed by atoms with van der Waals surface area (Å²) >= 11 is 7.86. The largest absolute Gasteiger partial charge is 0.383 e. The van der Waals surface area contributed by atoms with Gasteiger partial charge in [-0.1, -0.05) is 22.9 Å². The van der Waals surface area contributed by atoms with Crippen LogP contribution in [-0.2, 0) is 31.1 Å². The van der Waals surface area contributed by atoms with E-state index < -0.39 is 19.9 Å². The number of thiophene rings is 1. The predicted molar refractivity (Wildman–Crippen MR) is 107 cm³/mol. The molecule has 27 heavy (non-hydrogen) atoms. The van der Waals surface area contributed by atoms with Gasteiger partial charge in [0.05, 0.1) is 26.1 Å². The van der Waals surface area contributed by atoms with Crippen LogP contribution in [0.15, 0.2) is 43.8 Å². The summed E-state index contributed by atoms with van der Waals surface area (Å²) in [6, 6.07) is 7.56. The molecule has 0 amide bonds. The zero-order valence-electron chi connectivity index (χ0n) is 14.2. The van der Waals surface area contributed by atoms with E-state index in [9.17, 15) is 16.8 Å². The standard InChI is InChI=1S/C15H15ClN2O5S4/c1-23-8-7-18-11-4-3-10(26(2,19)20)9-12(11)24-15(18)17-27(21,22)14-6-5-13(16)25-14/h3-6,9H,7-8H2,1-2H3. The van der Waals surface area contributed by atoms with Gasteiger partial charge in [-0.3, -0.25) is 0 Å². The first-order chi connectivity index (χ1) is 12.6. The molecule has 12 heteroatoms. The Balaban J connectivity index is 2.24. The highest BCUT2D eigenvalue weighted by atomic mass is 35.5. The van der Waals surface area contributed by atoms with E-state index in [0.29, 0.717) is 27.7 Å². The Bertz CT molecular complexity index is 1270. The maximum Gasteiger partial charge on any atom is 0.294 e. The van der Waals surface area contributed by atoms with Crippen molar-refractivity contribution in [1.82, 2.24) is 4.57 Å². The number of rotatable bonds is 6. The molecule has 2 heterocycles. The van der Waals surface area contributed by atoms with Crippen LogP contribution in [0.4, 0.5) is 0 Å². The van der Waals surface area contributed by atoms with Gasteiger partial charge in [-0.25, -0.2) is 8.42 Å². The molecule has 0 spiro atoms. The first-order valence-electron chi connectivity index (χ1n) is 7.50. The number of fused-ring (bicyclic) bond motifs is 1.